The van der Waals surface area contributed by atoms with Gasteiger partial charge in [-0.25, -0.2) is 0 Å². The van der Waals surface area contributed by atoms with E-state index in [0.29, 0.717) is 16.1 Å². The largest absolute Gasteiger partial charge is 0.573 e. The van der Waals surface area contributed by atoms with Crippen LogP contribution in [0.3, 0.4) is 0 Å². The Morgan fingerprint density at radius 3 is 2.38 bits per heavy atom. The molecule has 6 heteroatoms. The van der Waals surface area contributed by atoms with Gasteiger partial charge in [0, 0.05) is 30.4 Å². The van der Waals surface area contributed by atoms with Crippen LogP contribution in [0.15, 0.2) is 42.5 Å². The summed E-state index contributed by atoms with van der Waals surface area (Å²) in [7, 11) is 3.74. The van der Waals surface area contributed by atoms with E-state index in [0.717, 1.165) is 5.69 Å². The summed E-state index contributed by atoms with van der Waals surface area (Å²) in [5.41, 5.74) is 2.11. The molecule has 0 amide bonds. The predicted molar refractivity (Wildman–Crippen MR) is 77.9 cm³/mol. The molecule has 0 spiro atoms. The lowest BCUT2D eigenvalue weighted by Crippen LogP contribution is -2.17. The molecule has 2 aromatic rings. The summed E-state index contributed by atoms with van der Waals surface area (Å²) in [5.74, 6) is -0.272. The molecule has 2 aromatic carbocycles. The Morgan fingerprint density at radius 1 is 1.05 bits per heavy atom. The lowest BCUT2D eigenvalue weighted by Gasteiger charge is -2.15. The number of nitrogens with zero attached hydrogens (tertiary/aromatic N) is 1. The van der Waals surface area contributed by atoms with Gasteiger partial charge in [-0.15, -0.1) is 13.2 Å². The van der Waals surface area contributed by atoms with E-state index >= 15 is 0 Å². The molecule has 0 atom stereocenters. The number of alkyl halides is 3. The van der Waals surface area contributed by atoms with Crippen LogP contribution in [0.1, 0.15) is 0 Å². The molecule has 0 radical (unpaired) electrons. The third-order valence-electron chi connectivity index (χ3n) is 2.84. The van der Waals surface area contributed by atoms with Crippen molar-refractivity contribution in [3.8, 4) is 16.9 Å². The highest BCUT2D eigenvalue weighted by Gasteiger charge is 2.31. The number of rotatable bonds is 3. The normalized spacial score (nSPS) is 11.3. The van der Waals surface area contributed by atoms with Crippen molar-refractivity contribution in [2.75, 3.05) is 19.0 Å². The third-order valence-corrected chi connectivity index (χ3v) is 3.17. The topological polar surface area (TPSA) is 12.5 Å². The molecule has 0 aliphatic rings. The molecular formula is C15H13ClF3NO. The average Bonchev–Trinajstić information content (AvgIpc) is 2.37. The molecule has 0 saturated carbocycles. The van der Waals surface area contributed by atoms with Gasteiger partial charge < -0.3 is 9.64 Å². The Balaban J connectivity index is 2.42. The maximum atomic E-state index is 12.3. The van der Waals surface area contributed by atoms with Gasteiger partial charge in [0.25, 0.3) is 0 Å². The van der Waals surface area contributed by atoms with E-state index in [2.05, 4.69) is 4.74 Å². The van der Waals surface area contributed by atoms with Crippen LogP contribution in [-0.2, 0) is 0 Å². The van der Waals surface area contributed by atoms with Gasteiger partial charge in [-0.1, -0.05) is 23.7 Å². The fourth-order valence-electron chi connectivity index (χ4n) is 1.87. The Kier molecular flexibility index (Phi) is 4.32. The summed E-state index contributed by atoms with van der Waals surface area (Å²) >= 11 is 6.14. The molecule has 112 valence electrons. The molecule has 0 aliphatic carbocycles. The maximum absolute atomic E-state index is 12.3. The molecule has 0 aliphatic heterocycles. The van der Waals surface area contributed by atoms with Crippen molar-refractivity contribution in [2.24, 2.45) is 0 Å². The first-order valence-corrected chi connectivity index (χ1v) is 6.47. The number of benzene rings is 2. The van der Waals surface area contributed by atoms with Crippen molar-refractivity contribution < 1.29 is 17.9 Å². The highest BCUT2D eigenvalue weighted by atomic mass is 35.5. The van der Waals surface area contributed by atoms with E-state index in [4.69, 9.17) is 11.6 Å². The molecule has 0 bridgehead atoms. The van der Waals surface area contributed by atoms with Crippen LogP contribution in [0.25, 0.3) is 11.1 Å². The Hall–Kier alpha value is -1.88. The van der Waals surface area contributed by atoms with Crippen molar-refractivity contribution in [1.29, 1.82) is 0 Å². The van der Waals surface area contributed by atoms with Crippen molar-refractivity contribution in [2.45, 2.75) is 6.36 Å². The number of hydrogen-bond donors (Lipinski definition) is 0. The van der Waals surface area contributed by atoms with Gasteiger partial charge in [0.05, 0.1) is 0 Å². The second-order valence-corrected chi connectivity index (χ2v) is 5.04. The van der Waals surface area contributed by atoms with Crippen molar-refractivity contribution in [1.82, 2.24) is 0 Å². The second kappa shape index (κ2) is 5.85. The van der Waals surface area contributed by atoms with E-state index in [1.165, 1.54) is 18.2 Å². The summed E-state index contributed by atoms with van der Waals surface area (Å²) in [4.78, 5) is 1.88. The summed E-state index contributed by atoms with van der Waals surface area (Å²) in [6, 6.07) is 11.1. The van der Waals surface area contributed by atoms with Crippen LogP contribution < -0.4 is 9.64 Å². The predicted octanol–water partition coefficient (Wildman–Crippen LogP) is 4.97. The summed E-state index contributed by atoms with van der Waals surface area (Å²) in [5, 5.41) is 0.463. The average molecular weight is 316 g/mol. The molecule has 0 saturated heterocycles. The number of halogens is 4. The SMILES string of the molecule is CN(C)c1ccc(Cl)c(-c2cccc(OC(F)(F)F)c2)c1. The van der Waals surface area contributed by atoms with Gasteiger partial charge in [0.15, 0.2) is 0 Å². The van der Waals surface area contributed by atoms with Gasteiger partial charge in [-0.3, -0.25) is 0 Å². The van der Waals surface area contributed by atoms with Crippen LogP contribution in [-0.4, -0.2) is 20.5 Å². The number of ether oxygens (including phenoxy) is 1. The minimum atomic E-state index is -4.71. The lowest BCUT2D eigenvalue weighted by atomic mass is 10.0. The molecule has 0 unspecified atom stereocenters. The summed E-state index contributed by atoms with van der Waals surface area (Å²) in [6.45, 7) is 0. The van der Waals surface area contributed by atoms with Gasteiger partial charge >= 0.3 is 6.36 Å². The molecule has 0 fully saturated rings. The number of anilines is 1. The summed E-state index contributed by atoms with van der Waals surface area (Å²) in [6.07, 6.45) is -4.71. The van der Waals surface area contributed by atoms with Crippen molar-refractivity contribution in [3.63, 3.8) is 0 Å². The first-order valence-electron chi connectivity index (χ1n) is 6.09. The molecule has 0 N–H and O–H groups in total. The zero-order valence-electron chi connectivity index (χ0n) is 11.4. The first-order chi connectivity index (χ1) is 9.76. The zero-order chi connectivity index (χ0) is 15.6. The van der Waals surface area contributed by atoms with Gasteiger partial charge in [-0.05, 0) is 35.9 Å². The fraction of sp³-hybridized carbons (Fsp3) is 0.200. The van der Waals surface area contributed by atoms with Crippen LogP contribution in [0.4, 0.5) is 18.9 Å². The maximum Gasteiger partial charge on any atom is 0.573 e. The van der Waals surface area contributed by atoms with E-state index in [-0.39, 0.29) is 5.75 Å². The lowest BCUT2D eigenvalue weighted by molar-refractivity contribution is -0.274. The van der Waals surface area contributed by atoms with Crippen LogP contribution in [0.2, 0.25) is 5.02 Å². The highest BCUT2D eigenvalue weighted by molar-refractivity contribution is 6.33. The highest BCUT2D eigenvalue weighted by Crippen LogP contribution is 2.34. The van der Waals surface area contributed by atoms with E-state index in [1.54, 1.807) is 12.1 Å². The van der Waals surface area contributed by atoms with Crippen LogP contribution in [0.5, 0.6) is 5.75 Å². The van der Waals surface area contributed by atoms with Gasteiger partial charge in [0.2, 0.25) is 0 Å². The molecule has 0 aromatic heterocycles. The Bertz CT molecular complexity index is 641. The van der Waals surface area contributed by atoms with Gasteiger partial charge in [-0.2, -0.15) is 0 Å². The molecule has 2 nitrogen and oxygen atoms in total. The molecule has 21 heavy (non-hydrogen) atoms. The summed E-state index contributed by atoms with van der Waals surface area (Å²) < 4.78 is 40.7. The smallest absolute Gasteiger partial charge is 0.406 e. The van der Waals surface area contributed by atoms with Crippen LogP contribution in [0, 0.1) is 0 Å². The zero-order valence-corrected chi connectivity index (χ0v) is 12.2. The molecule has 2 rings (SSSR count). The fourth-order valence-corrected chi connectivity index (χ4v) is 2.10. The molecule has 0 heterocycles. The van der Waals surface area contributed by atoms with Crippen molar-refractivity contribution >= 4 is 17.3 Å². The minimum Gasteiger partial charge on any atom is -0.406 e. The second-order valence-electron chi connectivity index (χ2n) is 4.63. The van der Waals surface area contributed by atoms with E-state index in [9.17, 15) is 13.2 Å². The van der Waals surface area contributed by atoms with E-state index < -0.39 is 6.36 Å². The van der Waals surface area contributed by atoms with Crippen molar-refractivity contribution in [3.05, 3.63) is 47.5 Å². The Morgan fingerprint density at radius 2 is 1.76 bits per heavy atom. The first kappa shape index (κ1) is 15.5. The van der Waals surface area contributed by atoms with Gasteiger partial charge in [0.1, 0.15) is 5.75 Å². The Labute approximate surface area is 125 Å². The monoisotopic (exact) mass is 315 g/mol. The van der Waals surface area contributed by atoms with Crippen LogP contribution >= 0.6 is 11.6 Å². The minimum absolute atomic E-state index is 0.272. The quantitative estimate of drug-likeness (QED) is 0.792. The molecular weight excluding hydrogens is 303 g/mol. The van der Waals surface area contributed by atoms with E-state index in [1.807, 2.05) is 31.1 Å². The standard InChI is InChI=1S/C15H13ClF3NO/c1-20(2)11-6-7-14(16)13(9-11)10-4-3-5-12(8-10)21-15(17,18)19/h3-9H,1-2H3. The number of hydrogen-bond acceptors (Lipinski definition) is 2. The third kappa shape index (κ3) is 4.04.